The van der Waals surface area contributed by atoms with E-state index >= 15 is 0 Å². The number of epoxide rings is 1. The molecule has 1 heterocycles. The number of quaternary nitrogens is 1. The maximum atomic E-state index is 12.7. The van der Waals surface area contributed by atoms with E-state index in [2.05, 4.69) is 68.5 Å². The molecule has 0 amide bonds. The molecule has 11 heteroatoms. The molecule has 1 rings (SSSR count). The lowest BCUT2D eigenvalue weighted by Crippen LogP contribution is -2.37. The maximum absolute atomic E-state index is 12.7. The van der Waals surface area contributed by atoms with Crippen LogP contribution in [0.15, 0.2) is 60.8 Å². The normalized spacial score (nSPS) is 17.9. The molecule has 0 bridgehead atoms. The monoisotopic (exact) mass is 794 g/mol. The summed E-state index contributed by atoms with van der Waals surface area (Å²) in [4.78, 5) is 37.5. The van der Waals surface area contributed by atoms with Gasteiger partial charge in [-0.05, 0) is 77.0 Å². The molecule has 0 radical (unpaired) electrons. The van der Waals surface area contributed by atoms with Crippen LogP contribution in [-0.4, -0.2) is 82.2 Å². The van der Waals surface area contributed by atoms with Gasteiger partial charge < -0.3 is 32.6 Å². The van der Waals surface area contributed by atoms with Crippen molar-refractivity contribution in [1.29, 1.82) is 0 Å². The molecule has 0 aromatic heterocycles. The number of likely N-dealkylation sites (N-methyl/N-ethyl adjacent to an activating group) is 1. The third kappa shape index (κ3) is 33.5. The zero-order chi connectivity index (χ0) is 40.5. The van der Waals surface area contributed by atoms with E-state index in [1.807, 2.05) is 27.2 Å². The first-order valence-electron chi connectivity index (χ1n) is 21.1. The standard InChI is InChI=1S/C44H76NO9P/c1-6-8-10-12-14-15-16-17-18-19-22-26-30-34-43(46)50-38-40(39-52-55(48,49)51-37-36-45(3,4)5)53-44(47)35-31-27-23-20-21-25-29-33-42-41(54-42)32-28-24-13-11-9-7-2/h9,11,15-16,20,23-25,28-29,40-42H,6-8,10,12-14,17-19,21-22,26-27,30-39H2,1-5H3/b11-9-,16-15-,23-20-,28-24-,29-25-. The van der Waals surface area contributed by atoms with E-state index in [4.69, 9.17) is 23.3 Å². The van der Waals surface area contributed by atoms with Crippen LogP contribution in [0.1, 0.15) is 142 Å². The number of unbranched alkanes of at least 4 members (excludes halogenated alkanes) is 10. The Hall–Kier alpha value is -2.33. The lowest BCUT2D eigenvalue weighted by atomic mass is 10.1. The molecule has 4 unspecified atom stereocenters. The van der Waals surface area contributed by atoms with E-state index in [9.17, 15) is 19.0 Å². The molecule has 1 aliphatic heterocycles. The highest BCUT2D eigenvalue weighted by Crippen LogP contribution is 2.38. The first-order chi connectivity index (χ1) is 26.5. The van der Waals surface area contributed by atoms with Crippen LogP contribution in [0.2, 0.25) is 0 Å². The zero-order valence-electron chi connectivity index (χ0n) is 35.0. The van der Waals surface area contributed by atoms with E-state index in [0.717, 1.165) is 64.2 Å². The summed E-state index contributed by atoms with van der Waals surface area (Å²) in [6, 6.07) is 0. The smallest absolute Gasteiger partial charge is 0.306 e. The maximum Gasteiger partial charge on any atom is 0.306 e. The average molecular weight is 794 g/mol. The van der Waals surface area contributed by atoms with Crippen LogP contribution in [0.4, 0.5) is 0 Å². The van der Waals surface area contributed by atoms with Crippen molar-refractivity contribution in [3.8, 4) is 0 Å². The first kappa shape index (κ1) is 50.7. The Morgan fingerprint density at radius 2 is 1.22 bits per heavy atom. The Morgan fingerprint density at radius 1 is 0.673 bits per heavy atom. The van der Waals surface area contributed by atoms with Gasteiger partial charge in [-0.1, -0.05) is 113 Å². The van der Waals surface area contributed by atoms with Gasteiger partial charge in [0, 0.05) is 12.8 Å². The number of allylic oxidation sites excluding steroid dienone is 8. The fraction of sp³-hybridized carbons (Fsp3) is 0.727. The molecular weight excluding hydrogens is 717 g/mol. The molecule has 55 heavy (non-hydrogen) atoms. The summed E-state index contributed by atoms with van der Waals surface area (Å²) in [6.07, 6.45) is 40.0. The molecule has 0 saturated carbocycles. The van der Waals surface area contributed by atoms with Gasteiger partial charge >= 0.3 is 11.9 Å². The molecule has 316 valence electrons. The van der Waals surface area contributed by atoms with Crippen molar-refractivity contribution >= 4 is 19.8 Å². The van der Waals surface area contributed by atoms with Crippen LogP contribution >= 0.6 is 7.82 Å². The number of carbonyl (C=O) groups excluding carboxylic acids is 2. The van der Waals surface area contributed by atoms with Crippen LogP contribution in [0.5, 0.6) is 0 Å². The number of esters is 2. The average Bonchev–Trinajstić information content (AvgIpc) is 3.89. The Kier molecular flexibility index (Phi) is 30.2. The second-order valence-corrected chi connectivity index (χ2v) is 16.8. The predicted molar refractivity (Wildman–Crippen MR) is 221 cm³/mol. The first-order valence-corrected chi connectivity index (χ1v) is 22.6. The van der Waals surface area contributed by atoms with E-state index in [1.165, 1.54) is 32.1 Å². The van der Waals surface area contributed by atoms with Crippen molar-refractivity contribution in [3.05, 3.63) is 60.8 Å². The van der Waals surface area contributed by atoms with Crippen molar-refractivity contribution in [2.24, 2.45) is 0 Å². The van der Waals surface area contributed by atoms with Gasteiger partial charge in [0.15, 0.2) is 6.10 Å². The minimum absolute atomic E-state index is 0.0479. The minimum Gasteiger partial charge on any atom is -0.756 e. The molecule has 1 aliphatic rings. The van der Waals surface area contributed by atoms with Crippen LogP contribution < -0.4 is 4.89 Å². The summed E-state index contributed by atoms with van der Waals surface area (Å²) in [5.74, 6) is -0.925. The summed E-state index contributed by atoms with van der Waals surface area (Å²) in [5.41, 5.74) is 0. The van der Waals surface area contributed by atoms with E-state index in [1.54, 1.807) is 0 Å². The largest absolute Gasteiger partial charge is 0.756 e. The predicted octanol–water partition coefficient (Wildman–Crippen LogP) is 10.0. The van der Waals surface area contributed by atoms with Crippen LogP contribution in [0.25, 0.3) is 0 Å². The van der Waals surface area contributed by atoms with E-state index in [-0.39, 0.29) is 26.1 Å². The summed E-state index contributed by atoms with van der Waals surface area (Å²) >= 11 is 0. The molecule has 0 aromatic rings. The molecule has 10 nitrogen and oxygen atoms in total. The lowest BCUT2D eigenvalue weighted by molar-refractivity contribution is -0.870. The molecule has 4 atom stereocenters. The van der Waals surface area contributed by atoms with Crippen LogP contribution in [0.3, 0.4) is 0 Å². The summed E-state index contributed by atoms with van der Waals surface area (Å²) in [6.45, 7) is 3.98. The molecule has 0 aliphatic carbocycles. The SMILES string of the molecule is CC/C=C\C/C=C\CC1OC1C/C=C\C/C=C\CCCC(=O)OC(COC(=O)CCCCCCC/C=C\CCCCCC)COP(=O)([O-])OCC[N+](C)(C)C. The molecule has 0 N–H and O–H groups in total. The van der Waals surface area contributed by atoms with Crippen LogP contribution in [-0.2, 0) is 37.4 Å². The highest BCUT2D eigenvalue weighted by Gasteiger charge is 2.36. The topological polar surface area (TPSA) is 124 Å². The fourth-order valence-corrected chi connectivity index (χ4v) is 6.22. The number of nitrogens with zero attached hydrogens (tertiary/aromatic N) is 1. The van der Waals surface area contributed by atoms with Gasteiger partial charge in [0.1, 0.15) is 19.8 Å². The number of carbonyl (C=O) groups is 2. The highest BCUT2D eigenvalue weighted by atomic mass is 31.2. The third-order valence-corrected chi connectivity index (χ3v) is 9.89. The molecule has 0 aromatic carbocycles. The van der Waals surface area contributed by atoms with Gasteiger partial charge in [-0.25, -0.2) is 0 Å². The fourth-order valence-electron chi connectivity index (χ4n) is 5.49. The van der Waals surface area contributed by atoms with Gasteiger partial charge in [-0.3, -0.25) is 14.2 Å². The van der Waals surface area contributed by atoms with Gasteiger partial charge in [0.2, 0.25) is 0 Å². The summed E-state index contributed by atoms with van der Waals surface area (Å²) < 4.78 is 39.5. The molecule has 0 spiro atoms. The number of hydrogen-bond donors (Lipinski definition) is 0. The Morgan fingerprint density at radius 3 is 1.85 bits per heavy atom. The quantitative estimate of drug-likeness (QED) is 0.0152. The van der Waals surface area contributed by atoms with Gasteiger partial charge in [0.25, 0.3) is 7.82 Å². The molecule has 1 fully saturated rings. The van der Waals surface area contributed by atoms with Crippen molar-refractivity contribution in [1.82, 2.24) is 0 Å². The van der Waals surface area contributed by atoms with Crippen molar-refractivity contribution in [2.45, 2.75) is 161 Å². The number of rotatable bonds is 36. The lowest BCUT2D eigenvalue weighted by Gasteiger charge is -2.28. The Balaban J connectivity index is 2.36. The molecule has 1 saturated heterocycles. The Bertz CT molecular complexity index is 1190. The van der Waals surface area contributed by atoms with Gasteiger partial charge in [-0.15, -0.1) is 0 Å². The van der Waals surface area contributed by atoms with E-state index in [0.29, 0.717) is 42.5 Å². The van der Waals surface area contributed by atoms with E-state index < -0.39 is 32.5 Å². The number of ether oxygens (including phenoxy) is 3. The van der Waals surface area contributed by atoms with Crippen molar-refractivity contribution in [3.63, 3.8) is 0 Å². The van der Waals surface area contributed by atoms with Crippen LogP contribution in [0, 0.1) is 0 Å². The third-order valence-electron chi connectivity index (χ3n) is 8.92. The Labute approximate surface area is 334 Å². The molecular formula is C44H76NO9P. The van der Waals surface area contributed by atoms with Gasteiger partial charge in [-0.2, -0.15) is 0 Å². The van der Waals surface area contributed by atoms with Gasteiger partial charge in [0.05, 0.1) is 40.0 Å². The zero-order valence-corrected chi connectivity index (χ0v) is 35.9. The summed E-state index contributed by atoms with van der Waals surface area (Å²) in [7, 11) is 1.11. The second kappa shape index (κ2) is 32.7. The summed E-state index contributed by atoms with van der Waals surface area (Å²) in [5, 5.41) is 0. The van der Waals surface area contributed by atoms with Crippen molar-refractivity contribution < 1.29 is 46.8 Å². The van der Waals surface area contributed by atoms with Crippen molar-refractivity contribution in [2.75, 3.05) is 47.5 Å². The highest BCUT2D eigenvalue weighted by molar-refractivity contribution is 7.45. The number of phosphoric ester groups is 1. The number of phosphoric acid groups is 1. The number of hydrogen-bond acceptors (Lipinski definition) is 9. The minimum atomic E-state index is -4.65. The second-order valence-electron chi connectivity index (χ2n) is 15.4.